The van der Waals surface area contributed by atoms with Crippen molar-refractivity contribution in [3.8, 4) is 0 Å². The zero-order valence-electron chi connectivity index (χ0n) is 13.2. The Morgan fingerprint density at radius 3 is 2.57 bits per heavy atom. The van der Waals surface area contributed by atoms with Crippen molar-refractivity contribution in [1.82, 2.24) is 15.2 Å². The fourth-order valence-corrected chi connectivity index (χ4v) is 2.83. The second-order valence-corrected chi connectivity index (χ2v) is 5.92. The summed E-state index contributed by atoms with van der Waals surface area (Å²) >= 11 is 0. The Kier molecular flexibility index (Phi) is 4.10. The van der Waals surface area contributed by atoms with Crippen LogP contribution in [0.5, 0.6) is 0 Å². The lowest BCUT2D eigenvalue weighted by atomic mass is 10.0. The van der Waals surface area contributed by atoms with E-state index in [0.717, 1.165) is 11.1 Å². The van der Waals surface area contributed by atoms with Crippen molar-refractivity contribution in [2.24, 2.45) is 0 Å². The monoisotopic (exact) mass is 309 g/mol. The molecule has 3 rings (SSSR count). The first-order chi connectivity index (χ1) is 11.1. The second kappa shape index (κ2) is 6.20. The van der Waals surface area contributed by atoms with Gasteiger partial charge in [0.05, 0.1) is 0 Å². The van der Waals surface area contributed by atoms with Gasteiger partial charge in [0.2, 0.25) is 5.91 Å². The molecule has 0 radical (unpaired) electrons. The highest BCUT2D eigenvalue weighted by atomic mass is 16.2. The number of carbonyl (C=O) groups is 2. The van der Waals surface area contributed by atoms with E-state index in [-0.39, 0.29) is 17.9 Å². The number of hydrogen-bond acceptors (Lipinski definition) is 3. The molecule has 0 saturated carbocycles. The SMILES string of the molecule is CC(C)NC(=O)C(c1ccccc1)N1Cc2cccnc2C1=O. The van der Waals surface area contributed by atoms with Gasteiger partial charge in [-0.2, -0.15) is 0 Å². The van der Waals surface area contributed by atoms with Crippen LogP contribution < -0.4 is 5.32 Å². The molecule has 1 atom stereocenters. The number of hydrogen-bond donors (Lipinski definition) is 1. The molecule has 118 valence electrons. The van der Waals surface area contributed by atoms with Crippen molar-refractivity contribution in [2.45, 2.75) is 32.5 Å². The van der Waals surface area contributed by atoms with Crippen LogP contribution in [0.3, 0.4) is 0 Å². The molecule has 0 aliphatic carbocycles. The predicted molar refractivity (Wildman–Crippen MR) is 86.6 cm³/mol. The minimum atomic E-state index is -0.653. The normalized spacial score (nSPS) is 14.7. The highest BCUT2D eigenvalue weighted by Crippen LogP contribution is 2.30. The minimum Gasteiger partial charge on any atom is -0.352 e. The Hall–Kier alpha value is -2.69. The lowest BCUT2D eigenvalue weighted by Gasteiger charge is -2.28. The van der Waals surface area contributed by atoms with Crippen molar-refractivity contribution >= 4 is 11.8 Å². The number of rotatable bonds is 4. The molecule has 1 aromatic heterocycles. The first kappa shape index (κ1) is 15.2. The van der Waals surface area contributed by atoms with Gasteiger partial charge < -0.3 is 10.2 Å². The van der Waals surface area contributed by atoms with Gasteiger partial charge in [0.25, 0.3) is 5.91 Å². The van der Waals surface area contributed by atoms with E-state index < -0.39 is 6.04 Å². The molecule has 0 bridgehead atoms. The van der Waals surface area contributed by atoms with E-state index in [1.807, 2.05) is 50.2 Å². The van der Waals surface area contributed by atoms with Crippen molar-refractivity contribution in [3.63, 3.8) is 0 Å². The van der Waals surface area contributed by atoms with Gasteiger partial charge in [0.1, 0.15) is 11.7 Å². The molecule has 1 unspecified atom stereocenters. The molecule has 0 saturated heterocycles. The van der Waals surface area contributed by atoms with Gasteiger partial charge >= 0.3 is 0 Å². The van der Waals surface area contributed by atoms with Crippen LogP contribution in [-0.4, -0.2) is 27.7 Å². The highest BCUT2D eigenvalue weighted by Gasteiger charge is 2.38. The van der Waals surface area contributed by atoms with Gasteiger partial charge in [0, 0.05) is 24.3 Å². The fraction of sp³-hybridized carbons (Fsp3) is 0.278. The average molecular weight is 309 g/mol. The number of benzene rings is 1. The Morgan fingerprint density at radius 1 is 1.17 bits per heavy atom. The fourth-order valence-electron chi connectivity index (χ4n) is 2.83. The molecule has 23 heavy (non-hydrogen) atoms. The maximum atomic E-state index is 12.7. The summed E-state index contributed by atoms with van der Waals surface area (Å²) in [7, 11) is 0. The van der Waals surface area contributed by atoms with Gasteiger partial charge in [-0.25, -0.2) is 0 Å². The Labute approximate surface area is 135 Å². The molecule has 1 N–H and O–H groups in total. The summed E-state index contributed by atoms with van der Waals surface area (Å²) < 4.78 is 0. The molecule has 1 aromatic carbocycles. The zero-order chi connectivity index (χ0) is 16.4. The third-order valence-corrected chi connectivity index (χ3v) is 3.80. The first-order valence-corrected chi connectivity index (χ1v) is 7.68. The third-order valence-electron chi connectivity index (χ3n) is 3.80. The molecule has 0 fully saturated rings. The molecule has 2 amide bonds. The number of fused-ring (bicyclic) bond motifs is 1. The Bertz CT molecular complexity index is 728. The number of carbonyl (C=O) groups excluding carboxylic acids is 2. The lowest BCUT2D eigenvalue weighted by Crippen LogP contribution is -2.43. The van der Waals surface area contributed by atoms with Crippen LogP contribution in [0.1, 0.15) is 41.5 Å². The van der Waals surface area contributed by atoms with Crippen molar-refractivity contribution in [3.05, 3.63) is 65.5 Å². The molecule has 2 aromatic rings. The summed E-state index contributed by atoms with van der Waals surface area (Å²) in [5.41, 5.74) is 2.09. The van der Waals surface area contributed by atoms with Crippen LogP contribution >= 0.6 is 0 Å². The molecule has 1 aliphatic rings. The summed E-state index contributed by atoms with van der Waals surface area (Å²) in [6.45, 7) is 4.21. The Morgan fingerprint density at radius 2 is 1.91 bits per heavy atom. The molecular formula is C18H19N3O2. The minimum absolute atomic E-state index is 0.00641. The van der Waals surface area contributed by atoms with Gasteiger partial charge in [-0.05, 0) is 25.5 Å². The van der Waals surface area contributed by atoms with E-state index in [2.05, 4.69) is 10.3 Å². The number of nitrogens with one attached hydrogen (secondary N) is 1. The van der Waals surface area contributed by atoms with Crippen molar-refractivity contribution in [2.75, 3.05) is 0 Å². The molecule has 1 aliphatic heterocycles. The number of aromatic nitrogens is 1. The van der Waals surface area contributed by atoms with E-state index in [1.165, 1.54) is 0 Å². The first-order valence-electron chi connectivity index (χ1n) is 7.68. The molecule has 0 spiro atoms. The Balaban J connectivity index is 1.97. The largest absolute Gasteiger partial charge is 0.352 e. The maximum absolute atomic E-state index is 12.7. The van der Waals surface area contributed by atoms with Crippen molar-refractivity contribution < 1.29 is 9.59 Å². The van der Waals surface area contributed by atoms with Gasteiger partial charge in [-0.15, -0.1) is 0 Å². The van der Waals surface area contributed by atoms with Crippen LogP contribution in [0, 0.1) is 0 Å². The smallest absolute Gasteiger partial charge is 0.274 e. The molecule has 5 nitrogen and oxygen atoms in total. The van der Waals surface area contributed by atoms with E-state index in [0.29, 0.717) is 12.2 Å². The van der Waals surface area contributed by atoms with Crippen LogP contribution in [0.2, 0.25) is 0 Å². The van der Waals surface area contributed by atoms with E-state index in [1.54, 1.807) is 17.2 Å². The highest BCUT2D eigenvalue weighted by molar-refractivity contribution is 5.99. The number of nitrogens with zero attached hydrogens (tertiary/aromatic N) is 2. The van der Waals surface area contributed by atoms with Crippen LogP contribution in [0.4, 0.5) is 0 Å². The lowest BCUT2D eigenvalue weighted by molar-refractivity contribution is -0.126. The maximum Gasteiger partial charge on any atom is 0.274 e. The number of amides is 2. The summed E-state index contributed by atoms with van der Waals surface area (Å²) in [4.78, 5) is 31.1. The van der Waals surface area contributed by atoms with Crippen LogP contribution in [0.25, 0.3) is 0 Å². The summed E-state index contributed by atoms with van der Waals surface area (Å²) in [5, 5.41) is 2.91. The zero-order valence-corrected chi connectivity index (χ0v) is 13.2. The molecular weight excluding hydrogens is 290 g/mol. The summed E-state index contributed by atoms with van der Waals surface area (Å²) in [6, 6.07) is 12.4. The van der Waals surface area contributed by atoms with Gasteiger partial charge in [-0.1, -0.05) is 36.4 Å². The van der Waals surface area contributed by atoms with E-state index >= 15 is 0 Å². The predicted octanol–water partition coefficient (Wildman–Crippen LogP) is 2.30. The topological polar surface area (TPSA) is 62.3 Å². The van der Waals surface area contributed by atoms with Gasteiger partial charge in [-0.3, -0.25) is 14.6 Å². The standard InChI is InChI=1S/C18H19N3O2/c1-12(2)20-17(22)16(13-7-4-3-5-8-13)21-11-14-9-6-10-19-15(14)18(21)23/h3-10,12,16H,11H2,1-2H3,(H,20,22). The quantitative estimate of drug-likeness (QED) is 0.942. The second-order valence-electron chi connectivity index (χ2n) is 5.92. The molecule has 5 heteroatoms. The van der Waals surface area contributed by atoms with Crippen molar-refractivity contribution in [1.29, 1.82) is 0 Å². The van der Waals surface area contributed by atoms with Crippen LogP contribution in [-0.2, 0) is 11.3 Å². The third kappa shape index (κ3) is 2.95. The van der Waals surface area contributed by atoms with E-state index in [4.69, 9.17) is 0 Å². The van der Waals surface area contributed by atoms with Crippen LogP contribution in [0.15, 0.2) is 48.7 Å². The molecule has 2 heterocycles. The van der Waals surface area contributed by atoms with Gasteiger partial charge in [0.15, 0.2) is 0 Å². The summed E-state index contributed by atoms with van der Waals surface area (Å²) in [5.74, 6) is -0.374. The summed E-state index contributed by atoms with van der Waals surface area (Å²) in [6.07, 6.45) is 1.60. The average Bonchev–Trinajstić information content (AvgIpc) is 2.85. The number of pyridine rings is 1. The van der Waals surface area contributed by atoms with E-state index in [9.17, 15) is 9.59 Å².